The summed E-state index contributed by atoms with van der Waals surface area (Å²) in [7, 11) is 0. The van der Waals surface area contributed by atoms with Gasteiger partial charge in [0.1, 0.15) is 5.69 Å². The average Bonchev–Trinajstić information content (AvgIpc) is 3.42. The summed E-state index contributed by atoms with van der Waals surface area (Å²) in [5.41, 5.74) is 2.84. The Labute approximate surface area is 176 Å². The summed E-state index contributed by atoms with van der Waals surface area (Å²) in [6.45, 7) is 1.87. The van der Waals surface area contributed by atoms with Gasteiger partial charge in [-0.1, -0.05) is 36.4 Å². The fraction of sp³-hybridized carbons (Fsp3) is 0.0909. The molecule has 0 spiro atoms. The number of pyridine rings is 1. The fourth-order valence-electron chi connectivity index (χ4n) is 3.55. The number of aliphatic hydroxyl groups is 1. The molecular weight excluding hydrogens is 394 g/mol. The summed E-state index contributed by atoms with van der Waals surface area (Å²) < 4.78 is 0. The van der Waals surface area contributed by atoms with Crippen LogP contribution in [0.2, 0.25) is 0 Å². The molecule has 9 heteroatoms. The number of hydrogen-bond acceptors (Lipinski definition) is 6. The Kier molecular flexibility index (Phi) is 4.57. The highest BCUT2D eigenvalue weighted by Crippen LogP contribution is 2.25. The van der Waals surface area contributed by atoms with Crippen molar-refractivity contribution in [1.29, 1.82) is 0 Å². The third-order valence-electron chi connectivity index (χ3n) is 5.01. The maximum absolute atomic E-state index is 12.8. The van der Waals surface area contributed by atoms with Crippen molar-refractivity contribution in [2.24, 2.45) is 0 Å². The van der Waals surface area contributed by atoms with Gasteiger partial charge in [0.15, 0.2) is 6.23 Å². The highest BCUT2D eigenvalue weighted by Gasteiger charge is 2.17. The van der Waals surface area contributed by atoms with Gasteiger partial charge in [0.05, 0.1) is 11.0 Å². The smallest absolute Gasteiger partial charge is 0.276 e. The predicted octanol–water partition coefficient (Wildman–Crippen LogP) is 3.50. The second-order valence-corrected chi connectivity index (χ2v) is 7.08. The highest BCUT2D eigenvalue weighted by atomic mass is 16.3. The van der Waals surface area contributed by atoms with Gasteiger partial charge < -0.3 is 20.4 Å². The standard InChI is InChI=1S/C22H19N7O2/c1-12-14-6-3-2-5-13(14)11-17(25-12)20(31)29-22-26-16-8-4-7-15(18(16)27-22)19(30)28-21-23-9-10-24-21/h2-11,19,30H,1H3,(H2,23,24,28)(H2,26,27,29,31). The monoisotopic (exact) mass is 413 g/mol. The number of H-pyrrole nitrogens is 2. The van der Waals surface area contributed by atoms with Crippen LogP contribution in [0.25, 0.3) is 21.8 Å². The van der Waals surface area contributed by atoms with Gasteiger partial charge in [-0.15, -0.1) is 0 Å². The van der Waals surface area contributed by atoms with Gasteiger partial charge in [-0.2, -0.15) is 0 Å². The van der Waals surface area contributed by atoms with E-state index in [1.807, 2.05) is 37.3 Å². The van der Waals surface area contributed by atoms with Crippen molar-refractivity contribution in [3.8, 4) is 0 Å². The van der Waals surface area contributed by atoms with Gasteiger partial charge in [0.2, 0.25) is 11.9 Å². The lowest BCUT2D eigenvalue weighted by Gasteiger charge is -2.12. The molecule has 1 unspecified atom stereocenters. The Morgan fingerprint density at radius 2 is 1.97 bits per heavy atom. The third kappa shape index (κ3) is 3.58. The Bertz CT molecular complexity index is 1390. The fourth-order valence-corrected chi connectivity index (χ4v) is 3.55. The van der Waals surface area contributed by atoms with Crippen molar-refractivity contribution in [3.63, 3.8) is 0 Å². The van der Waals surface area contributed by atoms with E-state index in [0.717, 1.165) is 16.5 Å². The molecule has 5 aromatic rings. The Hall–Kier alpha value is -4.24. The van der Waals surface area contributed by atoms with Crippen molar-refractivity contribution in [3.05, 3.63) is 77.9 Å². The van der Waals surface area contributed by atoms with Crippen LogP contribution in [-0.4, -0.2) is 35.9 Å². The SMILES string of the molecule is Cc1nc(C(=O)Nc2nc3c(C(O)Nc4ncc[nH]4)cccc3[nH]2)cc2ccccc12. The first-order chi connectivity index (χ1) is 15.1. The van der Waals surface area contributed by atoms with E-state index in [1.54, 1.807) is 30.6 Å². The molecule has 0 fully saturated rings. The normalized spacial score (nSPS) is 12.2. The van der Waals surface area contributed by atoms with Gasteiger partial charge >= 0.3 is 0 Å². The number of fused-ring (bicyclic) bond motifs is 2. The van der Waals surface area contributed by atoms with E-state index < -0.39 is 6.23 Å². The zero-order valence-corrected chi connectivity index (χ0v) is 16.5. The number of nitrogens with zero attached hydrogens (tertiary/aromatic N) is 3. The van der Waals surface area contributed by atoms with Crippen LogP contribution < -0.4 is 10.6 Å². The summed E-state index contributed by atoms with van der Waals surface area (Å²) in [4.78, 5) is 31.7. The van der Waals surface area contributed by atoms with Crippen LogP contribution >= 0.6 is 0 Å². The number of aliphatic hydroxyl groups excluding tert-OH is 1. The number of carbonyl (C=O) groups is 1. The Morgan fingerprint density at radius 3 is 2.81 bits per heavy atom. The summed E-state index contributed by atoms with van der Waals surface area (Å²) in [5, 5.41) is 18.1. The Balaban J connectivity index is 1.43. The number of hydrogen-bond donors (Lipinski definition) is 5. The summed E-state index contributed by atoms with van der Waals surface area (Å²) in [6.07, 6.45) is 2.20. The maximum atomic E-state index is 12.8. The molecule has 0 radical (unpaired) electrons. The maximum Gasteiger partial charge on any atom is 0.276 e. The van der Waals surface area contributed by atoms with Crippen LogP contribution in [0, 0.1) is 6.92 Å². The zero-order chi connectivity index (χ0) is 21.4. The number of aromatic nitrogens is 5. The number of nitrogens with one attached hydrogen (secondary N) is 4. The molecule has 5 N–H and O–H groups in total. The molecule has 154 valence electrons. The number of benzene rings is 2. The van der Waals surface area contributed by atoms with Crippen LogP contribution in [-0.2, 0) is 0 Å². The number of para-hydroxylation sites is 1. The molecule has 31 heavy (non-hydrogen) atoms. The summed E-state index contributed by atoms with van der Waals surface area (Å²) in [5.74, 6) is 0.334. The van der Waals surface area contributed by atoms with Crippen LogP contribution in [0.4, 0.5) is 11.9 Å². The van der Waals surface area contributed by atoms with Crippen molar-refractivity contribution in [1.82, 2.24) is 24.9 Å². The first-order valence-electron chi connectivity index (χ1n) is 9.69. The lowest BCUT2D eigenvalue weighted by Crippen LogP contribution is -2.15. The average molecular weight is 413 g/mol. The quantitative estimate of drug-likeness (QED) is 0.280. The van der Waals surface area contributed by atoms with E-state index in [-0.39, 0.29) is 11.9 Å². The molecule has 1 atom stereocenters. The minimum Gasteiger partial charge on any atom is -0.369 e. The van der Waals surface area contributed by atoms with Crippen LogP contribution in [0.5, 0.6) is 0 Å². The molecule has 1 amide bonds. The number of amides is 1. The summed E-state index contributed by atoms with van der Waals surface area (Å²) in [6, 6.07) is 14.9. The minimum atomic E-state index is -1.04. The molecule has 0 saturated heterocycles. The van der Waals surface area contributed by atoms with Gasteiger partial charge in [-0.05, 0) is 24.4 Å². The largest absolute Gasteiger partial charge is 0.369 e. The van der Waals surface area contributed by atoms with Crippen LogP contribution in [0.3, 0.4) is 0 Å². The third-order valence-corrected chi connectivity index (χ3v) is 5.01. The van der Waals surface area contributed by atoms with E-state index in [9.17, 15) is 9.90 Å². The molecule has 0 aliphatic rings. The second kappa shape index (κ2) is 7.54. The molecule has 3 aromatic heterocycles. The van der Waals surface area contributed by atoms with Gasteiger partial charge in [-0.25, -0.2) is 15.0 Å². The predicted molar refractivity (Wildman–Crippen MR) is 118 cm³/mol. The number of carbonyl (C=O) groups excluding carboxylic acids is 1. The highest BCUT2D eigenvalue weighted by molar-refractivity contribution is 6.05. The number of rotatable bonds is 5. The number of imidazole rings is 2. The molecule has 9 nitrogen and oxygen atoms in total. The van der Waals surface area contributed by atoms with E-state index in [2.05, 4.69) is 35.6 Å². The van der Waals surface area contributed by atoms with E-state index in [0.29, 0.717) is 28.2 Å². The van der Waals surface area contributed by atoms with E-state index in [1.165, 1.54) is 0 Å². The molecular formula is C22H19N7O2. The number of anilines is 2. The second-order valence-electron chi connectivity index (χ2n) is 7.08. The first kappa shape index (κ1) is 18.8. The topological polar surface area (TPSA) is 132 Å². The van der Waals surface area contributed by atoms with Crippen LogP contribution in [0.1, 0.15) is 28.0 Å². The number of aromatic amines is 2. The lowest BCUT2D eigenvalue weighted by atomic mass is 10.1. The molecule has 0 aliphatic carbocycles. The van der Waals surface area contributed by atoms with Gasteiger partial charge in [0, 0.05) is 29.0 Å². The zero-order valence-electron chi connectivity index (χ0n) is 16.5. The van der Waals surface area contributed by atoms with Gasteiger partial charge in [-0.3, -0.25) is 10.1 Å². The molecule has 3 heterocycles. The van der Waals surface area contributed by atoms with Crippen molar-refractivity contribution in [2.75, 3.05) is 10.6 Å². The molecule has 2 aromatic carbocycles. The molecule has 5 rings (SSSR count). The van der Waals surface area contributed by atoms with Gasteiger partial charge in [0.25, 0.3) is 5.91 Å². The summed E-state index contributed by atoms with van der Waals surface area (Å²) >= 11 is 0. The van der Waals surface area contributed by atoms with Crippen molar-refractivity contribution < 1.29 is 9.90 Å². The lowest BCUT2D eigenvalue weighted by molar-refractivity contribution is 0.102. The first-order valence-corrected chi connectivity index (χ1v) is 9.69. The molecule has 0 bridgehead atoms. The van der Waals surface area contributed by atoms with Crippen LogP contribution in [0.15, 0.2) is 60.9 Å². The van der Waals surface area contributed by atoms with Crippen molar-refractivity contribution >= 4 is 39.6 Å². The molecule has 0 saturated carbocycles. The minimum absolute atomic E-state index is 0.269. The van der Waals surface area contributed by atoms with E-state index >= 15 is 0 Å². The van der Waals surface area contributed by atoms with Crippen molar-refractivity contribution in [2.45, 2.75) is 13.2 Å². The number of aryl methyl sites for hydroxylation is 1. The van der Waals surface area contributed by atoms with E-state index in [4.69, 9.17) is 0 Å². The Morgan fingerprint density at radius 1 is 1.10 bits per heavy atom. The molecule has 0 aliphatic heterocycles.